The molecule has 0 saturated carbocycles. The first-order valence-electron chi connectivity index (χ1n) is 11.7. The molecule has 0 bridgehead atoms. The van der Waals surface area contributed by atoms with Crippen molar-refractivity contribution >= 4 is 36.3 Å². The monoisotopic (exact) mass is 493 g/mol. The minimum absolute atomic E-state index is 0.0408. The number of halogens is 1. The second-order valence-corrected chi connectivity index (χ2v) is 14.8. The zero-order valence-corrected chi connectivity index (χ0v) is 22.2. The average molecular weight is 494 g/mol. The summed E-state index contributed by atoms with van der Waals surface area (Å²) in [5.41, 5.74) is 2.86. The molecule has 0 radical (unpaired) electrons. The van der Waals surface area contributed by atoms with E-state index >= 15 is 0 Å². The molecule has 4 rings (SSSR count). The molecule has 2 unspecified atom stereocenters. The van der Waals surface area contributed by atoms with E-state index in [1.165, 1.54) is 17.3 Å². The molecule has 0 fully saturated rings. The number of hydrogen-bond donors (Lipinski definition) is 0. The van der Waals surface area contributed by atoms with Gasteiger partial charge in [0.05, 0.1) is 5.02 Å². The highest BCUT2D eigenvalue weighted by Gasteiger charge is 2.51. The van der Waals surface area contributed by atoms with Gasteiger partial charge in [0, 0.05) is 36.9 Å². The molecule has 0 saturated heterocycles. The van der Waals surface area contributed by atoms with Crippen LogP contribution in [-0.4, -0.2) is 25.9 Å². The normalized spacial score (nSPS) is 17.9. The van der Waals surface area contributed by atoms with Crippen LogP contribution >= 0.6 is 11.6 Å². The van der Waals surface area contributed by atoms with Crippen LogP contribution in [0.25, 0.3) is 0 Å². The number of ether oxygens (including phenoxy) is 1. The standard InChI is InChI=1S/C28H32ClNO3Si/c1-19-24-16-21(27(33-20(2)31)26(24)25(29)17-30-19)18-32-34(28(3,4)5,22-12-8-6-9-13-22)23-14-10-7-11-15-23/h6-15,17,21,27H,16,18H2,1-5H3. The van der Waals surface area contributed by atoms with E-state index in [9.17, 15) is 4.79 Å². The number of fused-ring (bicyclic) bond motifs is 1. The largest absolute Gasteiger partial charge is 0.457 e. The summed E-state index contributed by atoms with van der Waals surface area (Å²) in [4.78, 5) is 16.5. The zero-order chi connectivity index (χ0) is 24.5. The van der Waals surface area contributed by atoms with E-state index in [2.05, 4.69) is 74.3 Å². The van der Waals surface area contributed by atoms with Gasteiger partial charge in [0.15, 0.2) is 0 Å². The van der Waals surface area contributed by atoms with E-state index in [0.717, 1.165) is 16.8 Å². The third-order valence-electron chi connectivity index (χ3n) is 6.79. The lowest BCUT2D eigenvalue weighted by Gasteiger charge is -2.43. The Balaban J connectivity index is 1.77. The van der Waals surface area contributed by atoms with Crippen molar-refractivity contribution in [3.05, 3.63) is 88.7 Å². The fourth-order valence-corrected chi connectivity index (χ4v) is 10.2. The second-order valence-electron chi connectivity index (χ2n) is 10.1. The van der Waals surface area contributed by atoms with E-state index in [-0.39, 0.29) is 16.9 Å². The first-order valence-corrected chi connectivity index (χ1v) is 14.0. The van der Waals surface area contributed by atoms with Gasteiger partial charge in [0.1, 0.15) is 6.10 Å². The fraction of sp³-hybridized carbons (Fsp3) is 0.357. The Morgan fingerprint density at radius 1 is 1.06 bits per heavy atom. The lowest BCUT2D eigenvalue weighted by Crippen LogP contribution is -2.67. The maximum Gasteiger partial charge on any atom is 0.303 e. The molecule has 1 heterocycles. The molecule has 1 aromatic heterocycles. The number of benzene rings is 2. The summed E-state index contributed by atoms with van der Waals surface area (Å²) in [6.07, 6.45) is 1.92. The van der Waals surface area contributed by atoms with Crippen LogP contribution in [0.1, 0.15) is 50.6 Å². The molecule has 0 aliphatic heterocycles. The highest BCUT2D eigenvalue weighted by molar-refractivity contribution is 6.99. The van der Waals surface area contributed by atoms with Crippen LogP contribution in [-0.2, 0) is 20.4 Å². The third-order valence-corrected chi connectivity index (χ3v) is 12.1. The van der Waals surface area contributed by atoms with Crippen molar-refractivity contribution in [1.82, 2.24) is 4.98 Å². The van der Waals surface area contributed by atoms with Crippen LogP contribution in [0.3, 0.4) is 0 Å². The van der Waals surface area contributed by atoms with Gasteiger partial charge in [0.25, 0.3) is 8.32 Å². The van der Waals surface area contributed by atoms with Gasteiger partial charge in [-0.15, -0.1) is 0 Å². The number of hydrogen-bond acceptors (Lipinski definition) is 4. The van der Waals surface area contributed by atoms with Crippen molar-refractivity contribution < 1.29 is 14.0 Å². The Morgan fingerprint density at radius 2 is 1.62 bits per heavy atom. The highest BCUT2D eigenvalue weighted by atomic mass is 35.5. The Bertz CT molecular complexity index is 1120. The fourth-order valence-electron chi connectivity index (χ4n) is 5.28. The molecule has 2 atom stereocenters. The maximum atomic E-state index is 12.0. The summed E-state index contributed by atoms with van der Waals surface area (Å²) < 4.78 is 13.0. The summed E-state index contributed by atoms with van der Waals surface area (Å²) in [7, 11) is -2.71. The van der Waals surface area contributed by atoms with E-state index in [0.29, 0.717) is 18.1 Å². The molecular weight excluding hydrogens is 462 g/mol. The number of nitrogens with zero attached hydrogens (tertiary/aromatic N) is 1. The second kappa shape index (κ2) is 9.65. The van der Waals surface area contributed by atoms with E-state index < -0.39 is 14.4 Å². The van der Waals surface area contributed by atoms with Gasteiger partial charge in [-0.3, -0.25) is 9.78 Å². The predicted octanol–water partition coefficient (Wildman–Crippen LogP) is 5.40. The van der Waals surface area contributed by atoms with Gasteiger partial charge in [-0.05, 0) is 34.3 Å². The number of esters is 1. The number of aryl methyl sites for hydroxylation is 1. The Labute approximate surface area is 208 Å². The van der Waals surface area contributed by atoms with Crippen LogP contribution in [0.4, 0.5) is 0 Å². The van der Waals surface area contributed by atoms with Crippen LogP contribution in [0.5, 0.6) is 0 Å². The molecule has 0 N–H and O–H groups in total. The summed E-state index contributed by atoms with van der Waals surface area (Å²) >= 11 is 6.55. The van der Waals surface area contributed by atoms with Crippen LogP contribution in [0.15, 0.2) is 66.9 Å². The molecule has 0 spiro atoms. The van der Waals surface area contributed by atoms with Crippen LogP contribution < -0.4 is 10.4 Å². The Kier molecular flexibility index (Phi) is 6.99. The van der Waals surface area contributed by atoms with Gasteiger partial charge in [-0.2, -0.15) is 0 Å². The van der Waals surface area contributed by atoms with Crippen LogP contribution in [0.2, 0.25) is 10.1 Å². The molecule has 34 heavy (non-hydrogen) atoms. The molecule has 178 valence electrons. The molecule has 2 aromatic carbocycles. The zero-order valence-electron chi connectivity index (χ0n) is 20.5. The van der Waals surface area contributed by atoms with Crippen molar-refractivity contribution in [2.24, 2.45) is 5.92 Å². The Hall–Kier alpha value is -2.47. The van der Waals surface area contributed by atoms with Crippen molar-refractivity contribution in [3.63, 3.8) is 0 Å². The molecule has 0 amide bonds. The first kappa shape index (κ1) is 24.6. The molecular formula is C28H32ClNO3Si. The summed E-state index contributed by atoms with van der Waals surface area (Å²) in [6.45, 7) is 10.7. The first-order chi connectivity index (χ1) is 16.1. The van der Waals surface area contributed by atoms with Crippen molar-refractivity contribution in [2.45, 2.75) is 52.2 Å². The minimum Gasteiger partial charge on any atom is -0.457 e. The van der Waals surface area contributed by atoms with Gasteiger partial charge < -0.3 is 9.16 Å². The SMILES string of the molecule is CC(=O)OC1c2c(Cl)cnc(C)c2CC1CO[Si](c1ccccc1)(c1ccccc1)C(C)(C)C. The van der Waals surface area contributed by atoms with Gasteiger partial charge in [-0.25, -0.2) is 0 Å². The number of aromatic nitrogens is 1. The quantitative estimate of drug-likeness (QED) is 0.341. The highest BCUT2D eigenvalue weighted by Crippen LogP contribution is 2.45. The third kappa shape index (κ3) is 4.44. The van der Waals surface area contributed by atoms with E-state index in [1.54, 1.807) is 6.20 Å². The molecule has 6 heteroatoms. The number of pyridine rings is 1. The maximum absolute atomic E-state index is 12.0. The predicted molar refractivity (Wildman–Crippen MR) is 139 cm³/mol. The number of carbonyl (C=O) groups is 1. The smallest absolute Gasteiger partial charge is 0.303 e. The average Bonchev–Trinajstić information content (AvgIpc) is 3.16. The van der Waals surface area contributed by atoms with E-state index in [4.69, 9.17) is 20.8 Å². The van der Waals surface area contributed by atoms with Crippen LogP contribution in [0, 0.1) is 12.8 Å². The van der Waals surface area contributed by atoms with E-state index in [1.807, 2.05) is 19.1 Å². The molecule has 4 nitrogen and oxygen atoms in total. The summed E-state index contributed by atoms with van der Waals surface area (Å²) in [5, 5.41) is 2.86. The molecule has 1 aliphatic carbocycles. The lowest BCUT2D eigenvalue weighted by molar-refractivity contribution is -0.149. The lowest BCUT2D eigenvalue weighted by atomic mass is 10.0. The van der Waals surface area contributed by atoms with Gasteiger partial charge in [-0.1, -0.05) is 93.0 Å². The summed E-state index contributed by atoms with van der Waals surface area (Å²) in [6, 6.07) is 21.1. The van der Waals surface area contributed by atoms with Gasteiger partial charge >= 0.3 is 5.97 Å². The molecule has 1 aliphatic rings. The molecule has 3 aromatic rings. The number of rotatable bonds is 6. The van der Waals surface area contributed by atoms with Crippen molar-refractivity contribution in [2.75, 3.05) is 6.61 Å². The Morgan fingerprint density at radius 3 is 2.12 bits per heavy atom. The minimum atomic E-state index is -2.71. The van der Waals surface area contributed by atoms with Crippen molar-refractivity contribution in [3.8, 4) is 0 Å². The van der Waals surface area contributed by atoms with Gasteiger partial charge in [0.2, 0.25) is 0 Å². The topological polar surface area (TPSA) is 48.4 Å². The van der Waals surface area contributed by atoms with Crippen molar-refractivity contribution in [1.29, 1.82) is 0 Å². The number of carbonyl (C=O) groups excluding carboxylic acids is 1. The summed E-state index contributed by atoms with van der Waals surface area (Å²) in [5.74, 6) is -0.361.